The molecule has 0 radical (unpaired) electrons. The molecule has 1 aromatic carbocycles. The highest BCUT2D eigenvalue weighted by Crippen LogP contribution is 2.15. The number of hydrogen-bond acceptors (Lipinski definition) is 1. The number of benzene rings is 1. The van der Waals surface area contributed by atoms with Crippen molar-refractivity contribution in [2.75, 3.05) is 0 Å². The molecule has 2 nitrogen and oxygen atoms in total. The van der Waals surface area contributed by atoms with Crippen LogP contribution in [0.4, 0.5) is 0 Å². The van der Waals surface area contributed by atoms with E-state index < -0.39 is 0 Å². The van der Waals surface area contributed by atoms with Crippen molar-refractivity contribution in [2.45, 2.75) is 13.0 Å². The van der Waals surface area contributed by atoms with E-state index >= 15 is 0 Å². The van der Waals surface area contributed by atoms with Gasteiger partial charge >= 0.3 is 0 Å². The molecule has 0 aliphatic heterocycles. The van der Waals surface area contributed by atoms with Gasteiger partial charge in [0.25, 0.3) is 0 Å². The first-order valence-corrected chi connectivity index (χ1v) is 4.76. The van der Waals surface area contributed by atoms with Crippen molar-refractivity contribution in [3.8, 4) is 0 Å². The summed E-state index contributed by atoms with van der Waals surface area (Å²) in [6.07, 6.45) is 5.99. The van der Waals surface area contributed by atoms with Gasteiger partial charge in [0.05, 0.1) is 0 Å². The molecule has 0 amide bonds. The number of H-pyrrole nitrogens is 1. The molecule has 14 heavy (non-hydrogen) atoms. The molecule has 72 valence electrons. The molecule has 1 heterocycles. The highest BCUT2D eigenvalue weighted by atomic mass is 14.7. The Morgan fingerprint density at radius 3 is 3.00 bits per heavy atom. The maximum absolute atomic E-state index is 5.64. The Kier molecular flexibility index (Phi) is 2.37. The summed E-state index contributed by atoms with van der Waals surface area (Å²) < 4.78 is 0. The van der Waals surface area contributed by atoms with Gasteiger partial charge in [-0.1, -0.05) is 18.2 Å². The Hall–Kier alpha value is -1.54. The van der Waals surface area contributed by atoms with Crippen LogP contribution in [0.2, 0.25) is 0 Å². The number of fused-ring (bicyclic) bond motifs is 1. The van der Waals surface area contributed by atoms with Crippen molar-refractivity contribution in [1.29, 1.82) is 0 Å². The van der Waals surface area contributed by atoms with Crippen LogP contribution in [0, 0.1) is 0 Å². The van der Waals surface area contributed by atoms with Gasteiger partial charge in [0, 0.05) is 17.8 Å². The van der Waals surface area contributed by atoms with Gasteiger partial charge in [-0.3, -0.25) is 0 Å². The van der Waals surface area contributed by atoms with Gasteiger partial charge in [-0.15, -0.1) is 0 Å². The molecular formula is C12H14N2. The summed E-state index contributed by atoms with van der Waals surface area (Å²) in [6.45, 7) is 1.96. The maximum atomic E-state index is 5.64. The molecule has 0 aliphatic rings. The van der Waals surface area contributed by atoms with Crippen LogP contribution in [0.1, 0.15) is 12.5 Å². The van der Waals surface area contributed by atoms with Crippen molar-refractivity contribution < 1.29 is 0 Å². The molecule has 0 fully saturated rings. The van der Waals surface area contributed by atoms with E-state index in [0.717, 1.165) is 0 Å². The Labute approximate surface area is 83.4 Å². The van der Waals surface area contributed by atoms with Crippen LogP contribution in [0.5, 0.6) is 0 Å². The second-order valence-corrected chi connectivity index (χ2v) is 3.54. The average molecular weight is 186 g/mol. The summed E-state index contributed by atoms with van der Waals surface area (Å²) in [5, 5.41) is 1.23. The fourth-order valence-corrected chi connectivity index (χ4v) is 1.44. The number of aromatic nitrogens is 1. The zero-order chi connectivity index (χ0) is 9.97. The van der Waals surface area contributed by atoms with E-state index in [1.165, 1.54) is 16.5 Å². The smallest absolute Gasteiger partial charge is 0.0454 e. The maximum Gasteiger partial charge on any atom is 0.0454 e. The van der Waals surface area contributed by atoms with Gasteiger partial charge in [0.2, 0.25) is 0 Å². The van der Waals surface area contributed by atoms with Crippen molar-refractivity contribution in [3.63, 3.8) is 0 Å². The lowest BCUT2D eigenvalue weighted by molar-refractivity contribution is 0.931. The minimum atomic E-state index is 0.108. The van der Waals surface area contributed by atoms with E-state index in [9.17, 15) is 0 Å². The summed E-state index contributed by atoms with van der Waals surface area (Å²) in [5.74, 6) is 0. The summed E-state index contributed by atoms with van der Waals surface area (Å²) >= 11 is 0. The van der Waals surface area contributed by atoms with E-state index in [1.807, 2.05) is 19.2 Å². The van der Waals surface area contributed by atoms with Crippen LogP contribution in [-0.2, 0) is 0 Å². The lowest BCUT2D eigenvalue weighted by Crippen LogP contribution is -2.09. The first-order valence-electron chi connectivity index (χ1n) is 4.76. The number of aromatic amines is 1. The minimum Gasteiger partial charge on any atom is -0.361 e. The summed E-state index contributed by atoms with van der Waals surface area (Å²) in [6, 6.07) is 8.48. The minimum absolute atomic E-state index is 0.108. The van der Waals surface area contributed by atoms with Crippen molar-refractivity contribution >= 4 is 17.0 Å². The van der Waals surface area contributed by atoms with Gasteiger partial charge < -0.3 is 10.7 Å². The lowest BCUT2D eigenvalue weighted by Gasteiger charge is -1.96. The highest BCUT2D eigenvalue weighted by molar-refractivity contribution is 5.81. The molecule has 1 atom stereocenters. The molecule has 1 aromatic heterocycles. The fourth-order valence-electron chi connectivity index (χ4n) is 1.44. The van der Waals surface area contributed by atoms with E-state index in [0.29, 0.717) is 0 Å². The van der Waals surface area contributed by atoms with Gasteiger partial charge in [-0.2, -0.15) is 0 Å². The molecule has 0 spiro atoms. The average Bonchev–Trinajstić information content (AvgIpc) is 2.61. The molecule has 1 unspecified atom stereocenters. The molecule has 0 aliphatic carbocycles. The molecule has 2 rings (SSSR count). The molecule has 0 bridgehead atoms. The monoisotopic (exact) mass is 186 g/mol. The summed E-state index contributed by atoms with van der Waals surface area (Å²) in [4.78, 5) is 3.16. The van der Waals surface area contributed by atoms with Crippen LogP contribution < -0.4 is 5.73 Å². The Morgan fingerprint density at radius 2 is 2.21 bits per heavy atom. The van der Waals surface area contributed by atoms with Gasteiger partial charge in [-0.25, -0.2) is 0 Å². The number of nitrogens with one attached hydrogen (secondary N) is 1. The van der Waals surface area contributed by atoms with E-state index in [1.54, 1.807) is 0 Å². The predicted octanol–water partition coefficient (Wildman–Crippen LogP) is 2.53. The SMILES string of the molecule is CC(N)/C=C/c1ccc2[nH]ccc2c1. The van der Waals surface area contributed by atoms with Crippen molar-refractivity contribution in [1.82, 2.24) is 4.98 Å². The fraction of sp³-hybridized carbons (Fsp3) is 0.167. The highest BCUT2D eigenvalue weighted by Gasteiger charge is 1.94. The largest absolute Gasteiger partial charge is 0.361 e. The molecule has 3 N–H and O–H groups in total. The molecule has 0 saturated carbocycles. The first-order chi connectivity index (χ1) is 6.75. The first kappa shape index (κ1) is 9.03. The van der Waals surface area contributed by atoms with E-state index in [4.69, 9.17) is 5.73 Å². The molecule has 2 aromatic rings. The lowest BCUT2D eigenvalue weighted by atomic mass is 10.1. The molecular weight excluding hydrogens is 172 g/mol. The standard InChI is InChI=1S/C12H14N2/c1-9(13)2-3-10-4-5-12-11(8-10)6-7-14-12/h2-9,14H,13H2,1H3/b3-2+. The molecule has 0 saturated heterocycles. The van der Waals surface area contributed by atoms with Crippen LogP contribution in [0.3, 0.4) is 0 Å². The third-order valence-electron chi connectivity index (χ3n) is 2.17. The second kappa shape index (κ2) is 3.68. The van der Waals surface area contributed by atoms with Crippen LogP contribution in [-0.4, -0.2) is 11.0 Å². The zero-order valence-electron chi connectivity index (χ0n) is 8.20. The van der Waals surface area contributed by atoms with Crippen LogP contribution in [0.15, 0.2) is 36.5 Å². The Bertz CT molecular complexity index is 452. The summed E-state index contributed by atoms with van der Waals surface area (Å²) in [7, 11) is 0. The molecule has 2 heteroatoms. The van der Waals surface area contributed by atoms with Gasteiger partial charge in [0.1, 0.15) is 0 Å². The Balaban J connectivity index is 2.34. The van der Waals surface area contributed by atoms with E-state index in [2.05, 4.69) is 35.3 Å². The topological polar surface area (TPSA) is 41.8 Å². The van der Waals surface area contributed by atoms with Crippen molar-refractivity contribution in [3.05, 3.63) is 42.1 Å². The van der Waals surface area contributed by atoms with Crippen molar-refractivity contribution in [2.24, 2.45) is 5.73 Å². The van der Waals surface area contributed by atoms with E-state index in [-0.39, 0.29) is 6.04 Å². The number of nitrogens with two attached hydrogens (primary N) is 1. The summed E-state index contributed by atoms with van der Waals surface area (Å²) in [5.41, 5.74) is 8.00. The third kappa shape index (κ3) is 1.86. The predicted molar refractivity (Wildman–Crippen MR) is 61.0 cm³/mol. The normalized spacial score (nSPS) is 13.9. The number of hydrogen-bond donors (Lipinski definition) is 2. The van der Waals surface area contributed by atoms with Gasteiger partial charge in [0.15, 0.2) is 0 Å². The Morgan fingerprint density at radius 1 is 1.36 bits per heavy atom. The van der Waals surface area contributed by atoms with Crippen LogP contribution in [0.25, 0.3) is 17.0 Å². The second-order valence-electron chi connectivity index (χ2n) is 3.54. The number of rotatable bonds is 2. The third-order valence-corrected chi connectivity index (χ3v) is 2.17. The quantitative estimate of drug-likeness (QED) is 0.743. The zero-order valence-corrected chi connectivity index (χ0v) is 8.20. The van der Waals surface area contributed by atoms with Gasteiger partial charge in [-0.05, 0) is 36.1 Å². The van der Waals surface area contributed by atoms with Crippen LogP contribution >= 0.6 is 0 Å².